The van der Waals surface area contributed by atoms with Crippen molar-refractivity contribution in [1.29, 1.82) is 5.26 Å². The number of nitrogens with one attached hydrogen (secondary N) is 1. The molecule has 1 aliphatic rings. The van der Waals surface area contributed by atoms with Crippen LogP contribution < -0.4 is 15.0 Å². The number of rotatable bonds is 5. The molecule has 4 rings (SSSR count). The van der Waals surface area contributed by atoms with E-state index < -0.39 is 0 Å². The highest BCUT2D eigenvalue weighted by Gasteiger charge is 2.26. The zero-order chi connectivity index (χ0) is 20.9. The van der Waals surface area contributed by atoms with Crippen LogP contribution in [0, 0.1) is 17.2 Å². The Morgan fingerprint density at radius 3 is 2.63 bits per heavy atom. The summed E-state index contributed by atoms with van der Waals surface area (Å²) >= 11 is 0. The molecule has 1 saturated heterocycles. The lowest BCUT2D eigenvalue weighted by Gasteiger charge is -2.33. The number of nitrogens with zero attached hydrogens (tertiary/aromatic N) is 3. The van der Waals surface area contributed by atoms with Gasteiger partial charge in [0.05, 0.1) is 12.6 Å². The van der Waals surface area contributed by atoms with E-state index in [0.717, 1.165) is 53.8 Å². The number of aromatic nitrogens is 1. The van der Waals surface area contributed by atoms with E-state index in [2.05, 4.69) is 21.3 Å². The van der Waals surface area contributed by atoms with Gasteiger partial charge in [-0.25, -0.2) is 4.98 Å². The number of amides is 1. The second-order valence-electron chi connectivity index (χ2n) is 7.48. The zero-order valence-electron chi connectivity index (χ0n) is 17.0. The first-order valence-electron chi connectivity index (χ1n) is 10.1. The lowest BCUT2D eigenvalue weighted by atomic mass is 9.95. The molecule has 6 heteroatoms. The molecule has 1 aromatic heterocycles. The van der Waals surface area contributed by atoms with Crippen LogP contribution in [0.2, 0.25) is 0 Å². The van der Waals surface area contributed by atoms with Gasteiger partial charge in [-0.15, -0.1) is 0 Å². The van der Waals surface area contributed by atoms with Crippen molar-refractivity contribution >= 4 is 22.5 Å². The lowest BCUT2D eigenvalue weighted by Crippen LogP contribution is -2.40. The fourth-order valence-electron chi connectivity index (χ4n) is 3.94. The van der Waals surface area contributed by atoms with Crippen LogP contribution in [0.15, 0.2) is 54.6 Å². The molecule has 30 heavy (non-hydrogen) atoms. The molecule has 0 unspecified atom stereocenters. The third kappa shape index (κ3) is 4.20. The van der Waals surface area contributed by atoms with Gasteiger partial charge in [-0.2, -0.15) is 5.26 Å². The second kappa shape index (κ2) is 8.83. The van der Waals surface area contributed by atoms with Crippen LogP contribution in [0.5, 0.6) is 5.75 Å². The Morgan fingerprint density at radius 1 is 1.20 bits per heavy atom. The molecule has 0 aliphatic carbocycles. The van der Waals surface area contributed by atoms with E-state index in [4.69, 9.17) is 4.74 Å². The van der Waals surface area contributed by atoms with Crippen LogP contribution in [0.4, 0.5) is 5.69 Å². The minimum absolute atomic E-state index is 0.00281. The fourth-order valence-corrected chi connectivity index (χ4v) is 3.94. The summed E-state index contributed by atoms with van der Waals surface area (Å²) in [5.74, 6) is 0.909. The van der Waals surface area contributed by atoms with Gasteiger partial charge in [0.1, 0.15) is 17.5 Å². The number of methoxy groups -OCH3 is 1. The molecule has 0 atom stereocenters. The highest BCUT2D eigenvalue weighted by atomic mass is 16.5. The minimum Gasteiger partial charge on any atom is -0.497 e. The molecule has 0 saturated carbocycles. The Kier molecular flexibility index (Phi) is 5.80. The molecular weight excluding hydrogens is 376 g/mol. The molecule has 152 valence electrons. The maximum atomic E-state index is 12.6. The first-order valence-corrected chi connectivity index (χ1v) is 10.1. The Bertz CT molecular complexity index is 1080. The van der Waals surface area contributed by atoms with Crippen LogP contribution in [-0.4, -0.2) is 31.1 Å². The first-order chi connectivity index (χ1) is 14.7. The Labute approximate surface area is 176 Å². The summed E-state index contributed by atoms with van der Waals surface area (Å²) in [6.07, 6.45) is 1.57. The van der Waals surface area contributed by atoms with Gasteiger partial charge in [-0.3, -0.25) is 4.79 Å². The average Bonchev–Trinajstić information content (AvgIpc) is 2.82. The number of carbonyl (C=O) groups is 1. The van der Waals surface area contributed by atoms with E-state index >= 15 is 0 Å². The van der Waals surface area contributed by atoms with Crippen molar-refractivity contribution in [3.8, 4) is 11.8 Å². The highest BCUT2D eigenvalue weighted by Crippen LogP contribution is 2.30. The third-order valence-corrected chi connectivity index (χ3v) is 5.64. The van der Waals surface area contributed by atoms with Crippen LogP contribution in [0.25, 0.3) is 10.9 Å². The number of pyridine rings is 1. The average molecular weight is 400 g/mol. The number of nitriles is 1. The van der Waals surface area contributed by atoms with Gasteiger partial charge < -0.3 is 15.0 Å². The van der Waals surface area contributed by atoms with Gasteiger partial charge >= 0.3 is 0 Å². The van der Waals surface area contributed by atoms with Gasteiger partial charge in [-0.1, -0.05) is 30.3 Å². The van der Waals surface area contributed by atoms with Gasteiger partial charge in [-0.05, 0) is 42.7 Å². The number of hydrogen-bond donors (Lipinski definition) is 1. The molecule has 0 radical (unpaired) electrons. The molecule has 2 aromatic carbocycles. The molecule has 1 aliphatic heterocycles. The van der Waals surface area contributed by atoms with Crippen LogP contribution in [-0.2, 0) is 11.3 Å². The van der Waals surface area contributed by atoms with E-state index in [-0.39, 0.29) is 11.8 Å². The SMILES string of the molecule is COc1ccc(CNC(=O)C2CCN(c3cc(C#N)nc4ccccc34)CC2)cc1. The monoisotopic (exact) mass is 400 g/mol. The highest BCUT2D eigenvalue weighted by molar-refractivity contribution is 5.92. The van der Waals surface area contributed by atoms with E-state index in [9.17, 15) is 10.1 Å². The van der Waals surface area contributed by atoms with Crippen molar-refractivity contribution in [3.05, 3.63) is 65.9 Å². The Morgan fingerprint density at radius 2 is 1.93 bits per heavy atom. The summed E-state index contributed by atoms with van der Waals surface area (Å²) < 4.78 is 5.16. The summed E-state index contributed by atoms with van der Waals surface area (Å²) in [6.45, 7) is 2.07. The van der Waals surface area contributed by atoms with Crippen molar-refractivity contribution in [1.82, 2.24) is 10.3 Å². The van der Waals surface area contributed by atoms with Gasteiger partial charge in [0, 0.05) is 36.6 Å². The number of hydrogen-bond acceptors (Lipinski definition) is 5. The quantitative estimate of drug-likeness (QED) is 0.707. The summed E-state index contributed by atoms with van der Waals surface area (Å²) in [4.78, 5) is 19.3. The summed E-state index contributed by atoms with van der Waals surface area (Å²) in [6, 6.07) is 19.6. The van der Waals surface area contributed by atoms with Gasteiger partial charge in [0.2, 0.25) is 5.91 Å². The van der Waals surface area contributed by atoms with Crippen LogP contribution in [0.3, 0.4) is 0 Å². The molecule has 0 spiro atoms. The molecule has 3 aromatic rings. The van der Waals surface area contributed by atoms with Crippen molar-refractivity contribution in [2.75, 3.05) is 25.1 Å². The predicted molar refractivity (Wildman–Crippen MR) is 116 cm³/mol. The van der Waals surface area contributed by atoms with E-state index in [1.54, 1.807) is 7.11 Å². The Balaban J connectivity index is 1.38. The molecule has 2 heterocycles. The lowest BCUT2D eigenvalue weighted by molar-refractivity contribution is -0.125. The topological polar surface area (TPSA) is 78.2 Å². The summed E-state index contributed by atoms with van der Waals surface area (Å²) in [5.41, 5.74) is 3.32. The van der Waals surface area contributed by atoms with E-state index in [0.29, 0.717) is 12.2 Å². The molecule has 0 bridgehead atoms. The van der Waals surface area contributed by atoms with Crippen molar-refractivity contribution in [2.45, 2.75) is 19.4 Å². The summed E-state index contributed by atoms with van der Waals surface area (Å²) in [7, 11) is 1.64. The molecule has 6 nitrogen and oxygen atoms in total. The number of benzene rings is 2. The molecule has 1 N–H and O–H groups in total. The van der Waals surface area contributed by atoms with Crippen molar-refractivity contribution < 1.29 is 9.53 Å². The van der Waals surface area contributed by atoms with Crippen LogP contribution >= 0.6 is 0 Å². The number of ether oxygens (including phenoxy) is 1. The maximum absolute atomic E-state index is 12.6. The normalized spacial score (nSPS) is 14.3. The molecule has 1 fully saturated rings. The number of carbonyl (C=O) groups excluding carboxylic acids is 1. The predicted octanol–water partition coefficient (Wildman–Crippen LogP) is 3.65. The largest absolute Gasteiger partial charge is 0.497 e. The van der Waals surface area contributed by atoms with Crippen molar-refractivity contribution in [3.63, 3.8) is 0 Å². The van der Waals surface area contributed by atoms with Crippen LogP contribution in [0.1, 0.15) is 24.1 Å². The zero-order valence-corrected chi connectivity index (χ0v) is 17.0. The maximum Gasteiger partial charge on any atom is 0.223 e. The van der Waals surface area contributed by atoms with E-state index in [1.165, 1.54) is 0 Å². The first kappa shape index (κ1) is 19.7. The Hall–Kier alpha value is -3.59. The fraction of sp³-hybridized carbons (Fsp3) is 0.292. The van der Waals surface area contributed by atoms with Gasteiger partial charge in [0.15, 0.2) is 0 Å². The smallest absolute Gasteiger partial charge is 0.223 e. The minimum atomic E-state index is 0.00281. The molecular formula is C24H24N4O2. The van der Waals surface area contributed by atoms with Crippen molar-refractivity contribution in [2.24, 2.45) is 5.92 Å². The number of anilines is 1. The number of fused-ring (bicyclic) bond motifs is 1. The third-order valence-electron chi connectivity index (χ3n) is 5.64. The summed E-state index contributed by atoms with van der Waals surface area (Å²) in [5, 5.41) is 13.4. The number of piperidine rings is 1. The molecule has 1 amide bonds. The second-order valence-corrected chi connectivity index (χ2v) is 7.48. The van der Waals surface area contributed by atoms with Gasteiger partial charge in [0.25, 0.3) is 0 Å². The van der Waals surface area contributed by atoms with E-state index in [1.807, 2.05) is 54.6 Å². The standard InChI is InChI=1S/C24H24N4O2/c1-30-20-8-6-17(7-9-20)16-26-24(29)18-10-12-28(13-11-18)23-14-19(15-25)27-22-5-3-2-4-21(22)23/h2-9,14,18H,10-13,16H2,1H3,(H,26,29). The number of para-hydroxylation sites is 1.